The number of ether oxygens (including phenoxy) is 1. The zero-order chi connectivity index (χ0) is 24.8. The molecule has 2 N–H and O–H groups in total. The largest absolute Gasteiger partial charge is 0.380 e. The lowest BCUT2D eigenvalue weighted by molar-refractivity contribution is 0.115. The van der Waals surface area contributed by atoms with Crippen molar-refractivity contribution in [3.05, 3.63) is 57.4 Å². The van der Waals surface area contributed by atoms with E-state index in [1.807, 2.05) is 4.72 Å². The van der Waals surface area contributed by atoms with Crippen molar-refractivity contribution in [2.24, 2.45) is 7.05 Å². The molecule has 1 fully saturated rings. The summed E-state index contributed by atoms with van der Waals surface area (Å²) < 4.78 is 78.6. The molecule has 1 saturated heterocycles. The smallest absolute Gasteiger partial charge is 0.301 e. The highest BCUT2D eigenvalue weighted by molar-refractivity contribution is 7.90. The molecule has 4 rings (SSSR count). The quantitative estimate of drug-likeness (QED) is 0.487. The van der Waals surface area contributed by atoms with Crippen LogP contribution >= 0.6 is 11.6 Å². The maximum absolute atomic E-state index is 15.2. The molecule has 1 atom stereocenters. The number of hydrogen-bond donors (Lipinski definition) is 2. The van der Waals surface area contributed by atoms with Crippen LogP contribution in [0.25, 0.3) is 10.9 Å². The molecule has 1 aliphatic heterocycles. The molecule has 9 nitrogen and oxygen atoms in total. The third-order valence-corrected chi connectivity index (χ3v) is 7.34. The van der Waals surface area contributed by atoms with E-state index in [0.29, 0.717) is 12.5 Å². The number of aryl methyl sites for hydroxylation is 1. The van der Waals surface area contributed by atoms with Gasteiger partial charge in [-0.15, -0.1) is 0 Å². The maximum Gasteiger partial charge on any atom is 0.301 e. The molecule has 0 saturated carbocycles. The second-order valence-electron chi connectivity index (χ2n) is 7.63. The van der Waals surface area contributed by atoms with Crippen LogP contribution in [0.3, 0.4) is 0 Å². The first-order valence-electron chi connectivity index (χ1n) is 9.92. The monoisotopic (exact) mass is 517 g/mol. The molecule has 0 spiro atoms. The summed E-state index contributed by atoms with van der Waals surface area (Å²) in [5, 5.41) is 2.12. The number of fused-ring (bicyclic) bond motifs is 1. The highest BCUT2D eigenvalue weighted by atomic mass is 35.5. The van der Waals surface area contributed by atoms with Gasteiger partial charge >= 0.3 is 10.2 Å². The highest BCUT2D eigenvalue weighted by Gasteiger charge is 2.33. The van der Waals surface area contributed by atoms with Gasteiger partial charge in [-0.25, -0.2) is 18.2 Å². The van der Waals surface area contributed by atoms with E-state index < -0.39 is 44.6 Å². The summed E-state index contributed by atoms with van der Waals surface area (Å²) in [6, 6.07) is 3.10. The molecule has 14 heteroatoms. The molecular weight excluding hydrogens is 499 g/mol. The summed E-state index contributed by atoms with van der Waals surface area (Å²) in [5.74, 6) is -4.51. The van der Waals surface area contributed by atoms with Crippen molar-refractivity contribution in [2.75, 3.05) is 30.2 Å². The zero-order valence-corrected chi connectivity index (χ0v) is 19.5. The Kier molecular flexibility index (Phi) is 6.46. The van der Waals surface area contributed by atoms with Gasteiger partial charge in [0.25, 0.3) is 5.56 Å². The lowest BCUT2D eigenvalue weighted by atomic mass is 10.2. The number of rotatable bonds is 6. The normalized spacial score (nSPS) is 16.8. The van der Waals surface area contributed by atoms with Crippen molar-refractivity contribution in [1.29, 1.82) is 0 Å². The van der Waals surface area contributed by atoms with Gasteiger partial charge in [0.05, 0.1) is 39.7 Å². The first-order valence-corrected chi connectivity index (χ1v) is 11.7. The summed E-state index contributed by atoms with van der Waals surface area (Å²) in [5.41, 5.74) is -2.17. The minimum absolute atomic E-state index is 0.0171. The van der Waals surface area contributed by atoms with Crippen LogP contribution in [-0.2, 0) is 22.0 Å². The molecule has 2 aromatic carbocycles. The molecule has 0 radical (unpaired) electrons. The predicted octanol–water partition coefficient (Wildman–Crippen LogP) is 3.13. The molecule has 0 bridgehead atoms. The summed E-state index contributed by atoms with van der Waals surface area (Å²) in [6.45, 7) is 0.137. The number of nitrogens with zero attached hydrogens (tertiary/aromatic N) is 3. The number of aromatic nitrogens is 2. The van der Waals surface area contributed by atoms with Gasteiger partial charge in [-0.3, -0.25) is 9.52 Å². The average Bonchev–Trinajstić information content (AvgIpc) is 3.29. The first-order chi connectivity index (χ1) is 16.0. The fraction of sp³-hybridized carbons (Fsp3) is 0.300. The van der Waals surface area contributed by atoms with Gasteiger partial charge in [-0.05, 0) is 18.6 Å². The van der Waals surface area contributed by atoms with Crippen molar-refractivity contribution >= 4 is 49.8 Å². The number of methoxy groups -OCH3 is 1. The van der Waals surface area contributed by atoms with Crippen LogP contribution in [0, 0.1) is 17.5 Å². The summed E-state index contributed by atoms with van der Waals surface area (Å²) in [6.07, 6.45) is 1.38. The van der Waals surface area contributed by atoms with E-state index in [2.05, 4.69) is 10.3 Å². The van der Waals surface area contributed by atoms with Crippen molar-refractivity contribution in [1.82, 2.24) is 13.9 Å². The van der Waals surface area contributed by atoms with Crippen LogP contribution < -0.4 is 15.6 Å². The fourth-order valence-corrected chi connectivity index (χ4v) is 5.14. The van der Waals surface area contributed by atoms with E-state index in [9.17, 15) is 22.0 Å². The standard InChI is InChI=1S/C20H19ClF3N5O4S/c1-28-9-25-12-3-4-13(16(21)15(12)20(28)30)26-19-17(23)11(22)7-14(18(19)24)27-34(31,32)29-6-5-10(8-29)33-2/h3-4,7,9-10,26-27H,5-6,8H2,1-2H3. The molecule has 2 heterocycles. The van der Waals surface area contributed by atoms with Crippen molar-refractivity contribution in [2.45, 2.75) is 12.5 Å². The summed E-state index contributed by atoms with van der Waals surface area (Å²) in [7, 11) is -1.39. The maximum atomic E-state index is 15.2. The average molecular weight is 518 g/mol. The Labute approximate surface area is 197 Å². The van der Waals surface area contributed by atoms with Gasteiger partial charge in [0.2, 0.25) is 0 Å². The molecule has 34 heavy (non-hydrogen) atoms. The lowest BCUT2D eigenvalue weighted by Crippen LogP contribution is -2.35. The molecule has 1 unspecified atom stereocenters. The van der Waals surface area contributed by atoms with Crippen LogP contribution in [0.5, 0.6) is 0 Å². The van der Waals surface area contributed by atoms with Crippen molar-refractivity contribution in [3.63, 3.8) is 0 Å². The van der Waals surface area contributed by atoms with Crippen LogP contribution in [0.1, 0.15) is 6.42 Å². The summed E-state index contributed by atoms with van der Waals surface area (Å²) >= 11 is 6.29. The van der Waals surface area contributed by atoms with Gasteiger partial charge in [0.15, 0.2) is 17.5 Å². The van der Waals surface area contributed by atoms with Crippen LogP contribution in [0.4, 0.5) is 30.2 Å². The molecule has 3 aromatic rings. The van der Waals surface area contributed by atoms with Crippen molar-refractivity contribution in [3.8, 4) is 0 Å². The second kappa shape index (κ2) is 9.06. The van der Waals surface area contributed by atoms with Crippen LogP contribution in [0.15, 0.2) is 29.3 Å². The second-order valence-corrected chi connectivity index (χ2v) is 9.68. The topological polar surface area (TPSA) is 106 Å². The third-order valence-electron chi connectivity index (χ3n) is 5.46. The van der Waals surface area contributed by atoms with E-state index in [1.165, 1.54) is 37.2 Å². The molecule has 0 amide bonds. The number of nitrogens with one attached hydrogen (secondary N) is 2. The third kappa shape index (κ3) is 4.31. The van der Waals surface area contributed by atoms with Gasteiger partial charge in [-0.2, -0.15) is 12.7 Å². The molecule has 182 valence electrons. The Morgan fingerprint density at radius 2 is 1.94 bits per heavy atom. The Hall–Kier alpha value is -2.87. The number of halogens is 4. The molecular formula is C20H19ClF3N5O4S. The van der Waals surface area contributed by atoms with E-state index in [1.54, 1.807) is 0 Å². The van der Waals surface area contributed by atoms with Gasteiger partial charge < -0.3 is 14.6 Å². The lowest BCUT2D eigenvalue weighted by Gasteiger charge is -2.19. The minimum atomic E-state index is -4.28. The SMILES string of the molecule is COC1CCN(S(=O)(=O)Nc2cc(F)c(F)c(Nc3ccc4ncn(C)c(=O)c4c3Cl)c2F)C1. The highest BCUT2D eigenvalue weighted by Crippen LogP contribution is 2.35. The fourth-order valence-electron chi connectivity index (χ4n) is 3.59. The predicted molar refractivity (Wildman–Crippen MR) is 121 cm³/mol. The van der Waals surface area contributed by atoms with Gasteiger partial charge in [0.1, 0.15) is 5.69 Å². The summed E-state index contributed by atoms with van der Waals surface area (Å²) in [4.78, 5) is 16.5. The van der Waals surface area contributed by atoms with Gasteiger partial charge in [-0.1, -0.05) is 11.6 Å². The molecule has 1 aliphatic rings. The Morgan fingerprint density at radius 3 is 2.62 bits per heavy atom. The first kappa shape index (κ1) is 24.3. The minimum Gasteiger partial charge on any atom is -0.380 e. The number of hydrogen-bond acceptors (Lipinski definition) is 6. The van der Waals surface area contributed by atoms with Crippen molar-refractivity contribution < 1.29 is 26.3 Å². The Bertz CT molecular complexity index is 1450. The van der Waals surface area contributed by atoms with E-state index in [4.69, 9.17) is 16.3 Å². The van der Waals surface area contributed by atoms with Crippen LogP contribution in [-0.4, -0.2) is 48.6 Å². The molecule has 1 aromatic heterocycles. The number of anilines is 3. The van der Waals surface area contributed by atoms with E-state index >= 15 is 4.39 Å². The van der Waals surface area contributed by atoms with E-state index in [-0.39, 0.29) is 40.8 Å². The Morgan fingerprint density at radius 1 is 1.21 bits per heavy atom. The zero-order valence-electron chi connectivity index (χ0n) is 17.9. The Balaban J connectivity index is 1.72. The van der Waals surface area contributed by atoms with E-state index in [0.717, 1.165) is 4.31 Å². The number of benzene rings is 2. The van der Waals surface area contributed by atoms with Crippen LogP contribution in [0.2, 0.25) is 5.02 Å². The van der Waals surface area contributed by atoms with Gasteiger partial charge in [0, 0.05) is 33.3 Å². The molecule has 0 aliphatic carbocycles.